The molecule has 2 aromatic rings. The highest BCUT2D eigenvalue weighted by Crippen LogP contribution is 2.34. The summed E-state index contributed by atoms with van der Waals surface area (Å²) in [6.45, 7) is 5.44. The van der Waals surface area contributed by atoms with Crippen LogP contribution in [0.3, 0.4) is 0 Å². The molecule has 102 valence electrons. The number of imidazole rings is 1. The van der Waals surface area contributed by atoms with Gasteiger partial charge in [0.05, 0.1) is 16.4 Å². The molecule has 3 heteroatoms. The van der Waals surface area contributed by atoms with E-state index in [0.717, 1.165) is 29.7 Å². The zero-order valence-corrected chi connectivity index (χ0v) is 12.4. The number of aromatic nitrogens is 2. The predicted octanol–water partition coefficient (Wildman–Crippen LogP) is 4.77. The van der Waals surface area contributed by atoms with Gasteiger partial charge in [-0.3, -0.25) is 0 Å². The van der Waals surface area contributed by atoms with Gasteiger partial charge in [-0.1, -0.05) is 25.5 Å². The molecule has 1 aromatic heterocycles. The first-order valence-corrected chi connectivity index (χ1v) is 7.68. The second-order valence-electron chi connectivity index (χ2n) is 5.97. The molecule has 1 fully saturated rings. The van der Waals surface area contributed by atoms with Crippen LogP contribution >= 0.6 is 11.6 Å². The fourth-order valence-corrected chi connectivity index (χ4v) is 3.51. The molecular formula is C16H21ClN2. The Labute approximate surface area is 119 Å². The molecule has 19 heavy (non-hydrogen) atoms. The quantitative estimate of drug-likeness (QED) is 0.738. The minimum atomic E-state index is -0.0359. The molecule has 0 radical (unpaired) electrons. The van der Waals surface area contributed by atoms with Crippen LogP contribution in [0, 0.1) is 11.8 Å². The van der Waals surface area contributed by atoms with Crippen LogP contribution in [0.25, 0.3) is 11.0 Å². The molecule has 1 saturated carbocycles. The van der Waals surface area contributed by atoms with Crippen molar-refractivity contribution in [3.05, 3.63) is 30.1 Å². The van der Waals surface area contributed by atoms with Gasteiger partial charge < -0.3 is 4.57 Å². The minimum absolute atomic E-state index is 0.0359. The first-order valence-electron chi connectivity index (χ1n) is 7.24. The van der Waals surface area contributed by atoms with Crippen LogP contribution < -0.4 is 0 Å². The van der Waals surface area contributed by atoms with Gasteiger partial charge in [-0.2, -0.15) is 0 Å². The Morgan fingerprint density at radius 2 is 2.16 bits per heavy atom. The maximum Gasteiger partial charge on any atom is 0.127 e. The summed E-state index contributed by atoms with van der Waals surface area (Å²) in [5.41, 5.74) is 2.29. The number of alkyl halides is 1. The van der Waals surface area contributed by atoms with Crippen LogP contribution in [0.2, 0.25) is 0 Å². The number of hydrogen-bond donors (Lipinski definition) is 0. The van der Waals surface area contributed by atoms with Gasteiger partial charge in [-0.15, -0.1) is 11.6 Å². The Hall–Kier alpha value is -1.02. The fraction of sp³-hybridized carbons (Fsp3) is 0.562. The standard InChI is InChI=1S/C16H21ClN2/c1-11-7-8-13(9-11)10-19-15-6-4-3-5-14(15)18-16(19)12(2)17/h3-6,11-13H,7-10H2,1-2H3. The zero-order valence-electron chi connectivity index (χ0n) is 11.6. The van der Waals surface area contributed by atoms with E-state index in [2.05, 4.69) is 29.7 Å². The topological polar surface area (TPSA) is 17.8 Å². The summed E-state index contributed by atoms with van der Waals surface area (Å²) in [5, 5.41) is -0.0359. The summed E-state index contributed by atoms with van der Waals surface area (Å²) in [4.78, 5) is 4.70. The highest BCUT2D eigenvalue weighted by atomic mass is 35.5. The van der Waals surface area contributed by atoms with Crippen LogP contribution in [0.5, 0.6) is 0 Å². The van der Waals surface area contributed by atoms with E-state index in [1.807, 2.05) is 13.0 Å². The van der Waals surface area contributed by atoms with E-state index < -0.39 is 0 Å². The van der Waals surface area contributed by atoms with Crippen LogP contribution in [-0.4, -0.2) is 9.55 Å². The number of halogens is 1. The number of para-hydroxylation sites is 2. The van der Waals surface area contributed by atoms with Gasteiger partial charge in [0.1, 0.15) is 5.82 Å². The Kier molecular flexibility index (Phi) is 3.53. The van der Waals surface area contributed by atoms with Crippen LogP contribution in [0.15, 0.2) is 24.3 Å². The monoisotopic (exact) mass is 276 g/mol. The lowest BCUT2D eigenvalue weighted by atomic mass is 10.1. The Balaban J connectivity index is 1.98. The van der Waals surface area contributed by atoms with Crippen molar-refractivity contribution in [3.63, 3.8) is 0 Å². The Morgan fingerprint density at radius 1 is 1.37 bits per heavy atom. The maximum atomic E-state index is 6.31. The molecule has 1 heterocycles. The third kappa shape index (κ3) is 2.51. The molecule has 1 aromatic carbocycles. The van der Waals surface area contributed by atoms with E-state index in [9.17, 15) is 0 Å². The number of nitrogens with zero attached hydrogens (tertiary/aromatic N) is 2. The van der Waals surface area contributed by atoms with Crippen LogP contribution in [-0.2, 0) is 6.54 Å². The summed E-state index contributed by atoms with van der Waals surface area (Å²) in [5.74, 6) is 2.67. The SMILES string of the molecule is CC1CCC(Cn2c(C(C)Cl)nc3ccccc32)C1. The summed E-state index contributed by atoms with van der Waals surface area (Å²) in [7, 11) is 0. The average molecular weight is 277 g/mol. The molecule has 0 N–H and O–H groups in total. The van der Waals surface area contributed by atoms with Crippen molar-refractivity contribution in [1.29, 1.82) is 0 Å². The van der Waals surface area contributed by atoms with Gasteiger partial charge in [0.2, 0.25) is 0 Å². The van der Waals surface area contributed by atoms with Gasteiger partial charge in [0.25, 0.3) is 0 Å². The number of benzene rings is 1. The average Bonchev–Trinajstić information content (AvgIpc) is 2.95. The molecule has 3 unspecified atom stereocenters. The van der Waals surface area contributed by atoms with E-state index in [4.69, 9.17) is 16.6 Å². The molecule has 0 saturated heterocycles. The van der Waals surface area contributed by atoms with Gasteiger partial charge >= 0.3 is 0 Å². The summed E-state index contributed by atoms with van der Waals surface area (Å²) in [6, 6.07) is 8.36. The molecule has 1 aliphatic carbocycles. The highest BCUT2D eigenvalue weighted by Gasteiger charge is 2.24. The summed E-state index contributed by atoms with van der Waals surface area (Å²) in [6.07, 6.45) is 4.04. The fourth-order valence-electron chi connectivity index (χ4n) is 3.34. The predicted molar refractivity (Wildman–Crippen MR) is 80.5 cm³/mol. The summed E-state index contributed by atoms with van der Waals surface area (Å²) >= 11 is 6.31. The van der Waals surface area contributed by atoms with E-state index in [0.29, 0.717) is 0 Å². The van der Waals surface area contributed by atoms with Gasteiger partial charge in [-0.25, -0.2) is 4.98 Å². The molecule has 3 atom stereocenters. The zero-order chi connectivity index (χ0) is 13.4. The minimum Gasteiger partial charge on any atom is -0.326 e. The molecule has 0 spiro atoms. The third-order valence-electron chi connectivity index (χ3n) is 4.28. The van der Waals surface area contributed by atoms with E-state index in [-0.39, 0.29) is 5.38 Å². The lowest BCUT2D eigenvalue weighted by Gasteiger charge is -2.15. The van der Waals surface area contributed by atoms with Gasteiger partial charge in [-0.05, 0) is 43.7 Å². The molecule has 1 aliphatic rings. The molecule has 3 rings (SSSR count). The smallest absolute Gasteiger partial charge is 0.127 e. The number of hydrogen-bond acceptors (Lipinski definition) is 1. The maximum absolute atomic E-state index is 6.31. The van der Waals surface area contributed by atoms with E-state index in [1.54, 1.807) is 0 Å². The summed E-state index contributed by atoms with van der Waals surface area (Å²) < 4.78 is 2.34. The Morgan fingerprint density at radius 3 is 2.84 bits per heavy atom. The lowest BCUT2D eigenvalue weighted by molar-refractivity contribution is 0.438. The third-order valence-corrected chi connectivity index (χ3v) is 4.48. The van der Waals surface area contributed by atoms with Crippen LogP contribution in [0.1, 0.15) is 44.3 Å². The van der Waals surface area contributed by atoms with E-state index in [1.165, 1.54) is 24.8 Å². The van der Waals surface area contributed by atoms with E-state index >= 15 is 0 Å². The Bertz CT molecular complexity index is 573. The van der Waals surface area contributed by atoms with Crippen molar-refractivity contribution in [3.8, 4) is 0 Å². The van der Waals surface area contributed by atoms with Crippen molar-refractivity contribution in [1.82, 2.24) is 9.55 Å². The van der Waals surface area contributed by atoms with Crippen LogP contribution in [0.4, 0.5) is 0 Å². The highest BCUT2D eigenvalue weighted by molar-refractivity contribution is 6.20. The molecule has 0 amide bonds. The van der Waals surface area contributed by atoms with Crippen molar-refractivity contribution in [2.24, 2.45) is 11.8 Å². The van der Waals surface area contributed by atoms with Gasteiger partial charge in [0.15, 0.2) is 0 Å². The molecular weight excluding hydrogens is 256 g/mol. The number of rotatable bonds is 3. The van der Waals surface area contributed by atoms with Crippen molar-refractivity contribution < 1.29 is 0 Å². The molecule has 0 aliphatic heterocycles. The number of fused-ring (bicyclic) bond motifs is 1. The largest absolute Gasteiger partial charge is 0.326 e. The first kappa shape index (κ1) is 13.0. The van der Waals surface area contributed by atoms with Crippen molar-refractivity contribution in [2.75, 3.05) is 0 Å². The second kappa shape index (κ2) is 5.16. The van der Waals surface area contributed by atoms with Gasteiger partial charge in [0, 0.05) is 6.54 Å². The second-order valence-corrected chi connectivity index (χ2v) is 6.62. The normalized spacial score (nSPS) is 25.0. The molecule has 0 bridgehead atoms. The first-order chi connectivity index (χ1) is 9.15. The van der Waals surface area contributed by atoms with Crippen molar-refractivity contribution >= 4 is 22.6 Å². The van der Waals surface area contributed by atoms with Crippen molar-refractivity contribution in [2.45, 2.75) is 45.0 Å². The lowest BCUT2D eigenvalue weighted by Crippen LogP contribution is -2.11. The molecule has 2 nitrogen and oxygen atoms in total.